The number of amidine groups is 1. The second-order valence-corrected chi connectivity index (χ2v) is 3.37. The van der Waals surface area contributed by atoms with Crippen molar-refractivity contribution in [2.45, 2.75) is 25.7 Å². The lowest BCUT2D eigenvalue weighted by Gasteiger charge is -2.17. The molecule has 1 heterocycles. The summed E-state index contributed by atoms with van der Waals surface area (Å²) in [7, 11) is 0. The van der Waals surface area contributed by atoms with E-state index in [1.165, 1.54) is 0 Å². The zero-order valence-electron chi connectivity index (χ0n) is 8.38. The molecule has 1 aliphatic heterocycles. The Bertz CT molecular complexity index is 279. The fourth-order valence-corrected chi connectivity index (χ4v) is 1.30. The molecule has 0 saturated heterocycles. The summed E-state index contributed by atoms with van der Waals surface area (Å²) < 4.78 is 0. The second kappa shape index (κ2) is 5.37. The quantitative estimate of drug-likeness (QED) is 0.690. The molecule has 0 aliphatic carbocycles. The standard InChI is InChI=1S/C11H16N2O/c1-9-5-3-7-12-11(9)13-10(2)6-4-8-14/h8H,1-7H2,(H,12,13). The number of nitrogens with one attached hydrogen (secondary N) is 1. The molecule has 0 fully saturated rings. The third-order valence-corrected chi connectivity index (χ3v) is 2.10. The van der Waals surface area contributed by atoms with Crippen LogP contribution in [0.3, 0.4) is 0 Å². The molecule has 1 rings (SSSR count). The van der Waals surface area contributed by atoms with E-state index in [2.05, 4.69) is 23.5 Å². The number of allylic oxidation sites excluding steroid dienone is 1. The minimum absolute atomic E-state index is 0.506. The highest BCUT2D eigenvalue weighted by atomic mass is 16.1. The highest BCUT2D eigenvalue weighted by Gasteiger charge is 2.09. The SMILES string of the molecule is C=C(CCC=O)NC1=NCCCC1=C. The Morgan fingerprint density at radius 3 is 3.07 bits per heavy atom. The molecule has 0 bridgehead atoms. The average Bonchev–Trinajstić information content (AvgIpc) is 2.18. The van der Waals surface area contributed by atoms with Crippen LogP contribution in [0.1, 0.15) is 25.7 Å². The lowest BCUT2D eigenvalue weighted by atomic mass is 10.1. The number of hydrogen-bond donors (Lipinski definition) is 1. The first kappa shape index (κ1) is 10.7. The summed E-state index contributed by atoms with van der Waals surface area (Å²) in [6.07, 6.45) is 4.13. The Kier molecular flexibility index (Phi) is 4.11. The first-order chi connectivity index (χ1) is 6.74. The van der Waals surface area contributed by atoms with Crippen LogP contribution in [0.5, 0.6) is 0 Å². The van der Waals surface area contributed by atoms with Gasteiger partial charge in [-0.2, -0.15) is 0 Å². The number of carbonyl (C=O) groups excluding carboxylic acids is 1. The van der Waals surface area contributed by atoms with E-state index in [-0.39, 0.29) is 0 Å². The van der Waals surface area contributed by atoms with Crippen LogP contribution in [0.25, 0.3) is 0 Å². The van der Waals surface area contributed by atoms with Crippen molar-refractivity contribution in [3.8, 4) is 0 Å². The number of aldehydes is 1. The number of hydrogen-bond acceptors (Lipinski definition) is 3. The van der Waals surface area contributed by atoms with Crippen molar-refractivity contribution in [1.29, 1.82) is 0 Å². The zero-order chi connectivity index (χ0) is 10.4. The molecule has 76 valence electrons. The fraction of sp³-hybridized carbons (Fsp3) is 0.455. The highest BCUT2D eigenvalue weighted by Crippen LogP contribution is 2.11. The van der Waals surface area contributed by atoms with E-state index in [1.807, 2.05) is 0 Å². The van der Waals surface area contributed by atoms with Crippen LogP contribution in [-0.2, 0) is 4.79 Å². The Morgan fingerprint density at radius 2 is 2.43 bits per heavy atom. The maximum atomic E-state index is 10.1. The van der Waals surface area contributed by atoms with Crippen LogP contribution in [0.2, 0.25) is 0 Å². The van der Waals surface area contributed by atoms with Gasteiger partial charge in [-0.25, -0.2) is 0 Å². The molecule has 14 heavy (non-hydrogen) atoms. The van der Waals surface area contributed by atoms with E-state index in [1.54, 1.807) is 0 Å². The van der Waals surface area contributed by atoms with Gasteiger partial charge in [0, 0.05) is 18.7 Å². The Balaban J connectivity index is 2.42. The summed E-state index contributed by atoms with van der Waals surface area (Å²) in [6.45, 7) is 8.60. The summed E-state index contributed by atoms with van der Waals surface area (Å²) in [5, 5.41) is 3.10. The van der Waals surface area contributed by atoms with E-state index < -0.39 is 0 Å². The van der Waals surface area contributed by atoms with Crippen LogP contribution in [0.15, 0.2) is 29.4 Å². The van der Waals surface area contributed by atoms with Gasteiger partial charge >= 0.3 is 0 Å². The van der Waals surface area contributed by atoms with Gasteiger partial charge in [0.2, 0.25) is 0 Å². The van der Waals surface area contributed by atoms with Crippen LogP contribution >= 0.6 is 0 Å². The van der Waals surface area contributed by atoms with Gasteiger partial charge in [-0.05, 0) is 24.8 Å². The van der Waals surface area contributed by atoms with Crippen LogP contribution < -0.4 is 5.32 Å². The molecular weight excluding hydrogens is 176 g/mol. The molecule has 1 aliphatic rings. The van der Waals surface area contributed by atoms with Crippen molar-refractivity contribution < 1.29 is 4.79 Å². The predicted molar refractivity (Wildman–Crippen MR) is 58.2 cm³/mol. The topological polar surface area (TPSA) is 41.5 Å². The summed E-state index contributed by atoms with van der Waals surface area (Å²) in [4.78, 5) is 14.5. The van der Waals surface area contributed by atoms with Gasteiger partial charge in [-0.15, -0.1) is 0 Å². The first-order valence-corrected chi connectivity index (χ1v) is 4.85. The van der Waals surface area contributed by atoms with E-state index in [9.17, 15) is 4.79 Å². The van der Waals surface area contributed by atoms with E-state index >= 15 is 0 Å². The lowest BCUT2D eigenvalue weighted by Crippen LogP contribution is -2.26. The number of carbonyl (C=O) groups is 1. The van der Waals surface area contributed by atoms with Crippen molar-refractivity contribution in [3.05, 3.63) is 24.4 Å². The maximum Gasteiger partial charge on any atom is 0.127 e. The summed E-state index contributed by atoms with van der Waals surface area (Å²) in [5.41, 5.74) is 1.86. The Hall–Kier alpha value is -1.38. The molecule has 0 amide bonds. The van der Waals surface area contributed by atoms with Crippen LogP contribution in [0.4, 0.5) is 0 Å². The van der Waals surface area contributed by atoms with E-state index in [4.69, 9.17) is 0 Å². The van der Waals surface area contributed by atoms with Gasteiger partial charge in [0.15, 0.2) is 0 Å². The van der Waals surface area contributed by atoms with Crippen LogP contribution in [0, 0.1) is 0 Å². The van der Waals surface area contributed by atoms with E-state index in [0.29, 0.717) is 12.8 Å². The van der Waals surface area contributed by atoms with Gasteiger partial charge in [0.05, 0.1) is 0 Å². The lowest BCUT2D eigenvalue weighted by molar-refractivity contribution is -0.107. The molecule has 0 spiro atoms. The molecule has 0 saturated carbocycles. The van der Waals surface area contributed by atoms with Gasteiger partial charge in [0.1, 0.15) is 12.1 Å². The van der Waals surface area contributed by atoms with E-state index in [0.717, 1.165) is 42.8 Å². The minimum Gasteiger partial charge on any atom is -0.344 e. The van der Waals surface area contributed by atoms with Crippen molar-refractivity contribution in [1.82, 2.24) is 5.32 Å². The Morgan fingerprint density at radius 1 is 1.64 bits per heavy atom. The molecule has 0 aromatic rings. The highest BCUT2D eigenvalue weighted by molar-refractivity contribution is 5.99. The predicted octanol–water partition coefficient (Wildman–Crippen LogP) is 1.82. The summed E-state index contributed by atoms with van der Waals surface area (Å²) >= 11 is 0. The maximum absolute atomic E-state index is 10.1. The molecule has 1 N–H and O–H groups in total. The normalized spacial score (nSPS) is 16.0. The number of nitrogens with zero attached hydrogens (tertiary/aromatic N) is 1. The fourth-order valence-electron chi connectivity index (χ4n) is 1.30. The minimum atomic E-state index is 0.506. The first-order valence-electron chi connectivity index (χ1n) is 4.85. The molecule has 0 radical (unpaired) electrons. The number of aliphatic imine (C=N–C) groups is 1. The Labute approximate surface area is 84.6 Å². The molecule has 3 heteroatoms. The van der Waals surface area contributed by atoms with Gasteiger partial charge in [0.25, 0.3) is 0 Å². The van der Waals surface area contributed by atoms with Gasteiger partial charge in [-0.1, -0.05) is 13.2 Å². The van der Waals surface area contributed by atoms with Crippen molar-refractivity contribution in [3.63, 3.8) is 0 Å². The summed E-state index contributed by atoms with van der Waals surface area (Å²) in [5.74, 6) is 0.840. The van der Waals surface area contributed by atoms with Crippen molar-refractivity contribution in [2.75, 3.05) is 6.54 Å². The molecule has 0 unspecified atom stereocenters. The molecule has 0 atom stereocenters. The molecule has 3 nitrogen and oxygen atoms in total. The van der Waals surface area contributed by atoms with Crippen molar-refractivity contribution >= 4 is 12.1 Å². The summed E-state index contributed by atoms with van der Waals surface area (Å²) in [6, 6.07) is 0. The third kappa shape index (κ3) is 3.17. The monoisotopic (exact) mass is 192 g/mol. The van der Waals surface area contributed by atoms with Gasteiger partial charge < -0.3 is 10.1 Å². The zero-order valence-corrected chi connectivity index (χ0v) is 8.38. The smallest absolute Gasteiger partial charge is 0.127 e. The third-order valence-electron chi connectivity index (χ3n) is 2.10. The second-order valence-electron chi connectivity index (χ2n) is 3.37. The number of rotatable bonds is 4. The average molecular weight is 192 g/mol. The largest absolute Gasteiger partial charge is 0.344 e. The van der Waals surface area contributed by atoms with Crippen molar-refractivity contribution in [2.24, 2.45) is 4.99 Å². The van der Waals surface area contributed by atoms with Crippen LogP contribution in [-0.4, -0.2) is 18.7 Å². The van der Waals surface area contributed by atoms with Gasteiger partial charge in [-0.3, -0.25) is 4.99 Å². The molecule has 0 aromatic carbocycles. The molecule has 0 aromatic heterocycles. The molecular formula is C11H16N2O.